The fraction of sp³-hybridized carbons (Fsp3) is 0.107. The van der Waals surface area contributed by atoms with Crippen LogP contribution in [0.25, 0.3) is 0 Å². The molecular formula is C28H25N3O3. The zero-order valence-corrected chi connectivity index (χ0v) is 18.6. The second-order valence-corrected chi connectivity index (χ2v) is 7.83. The predicted molar refractivity (Wildman–Crippen MR) is 133 cm³/mol. The second-order valence-electron chi connectivity index (χ2n) is 7.83. The summed E-state index contributed by atoms with van der Waals surface area (Å²) in [5, 5.41) is 9.05. The lowest BCUT2D eigenvalue weighted by molar-refractivity contribution is 0.0696. The van der Waals surface area contributed by atoms with Gasteiger partial charge in [0.05, 0.1) is 5.56 Å². The maximum absolute atomic E-state index is 11.0. The van der Waals surface area contributed by atoms with Gasteiger partial charge in [-0.05, 0) is 65.9 Å². The Kier molecular flexibility index (Phi) is 7.30. The SMILES string of the molecule is NC(=Nc1ccc(C(=O)O)cn1)c1cc(CCc2ccccc2)cc(COc2ccccc2)c1. The molecule has 170 valence electrons. The Balaban J connectivity index is 1.58. The zero-order chi connectivity index (χ0) is 23.8. The summed E-state index contributed by atoms with van der Waals surface area (Å²) in [6.45, 7) is 0.398. The summed E-state index contributed by atoms with van der Waals surface area (Å²) >= 11 is 0. The first kappa shape index (κ1) is 22.7. The van der Waals surface area contributed by atoms with Gasteiger partial charge in [-0.2, -0.15) is 0 Å². The molecule has 0 radical (unpaired) electrons. The van der Waals surface area contributed by atoms with E-state index >= 15 is 0 Å². The monoisotopic (exact) mass is 451 g/mol. The number of aliphatic imine (C=N–C) groups is 1. The molecule has 4 rings (SSSR count). The third kappa shape index (κ3) is 6.29. The summed E-state index contributed by atoms with van der Waals surface area (Å²) in [7, 11) is 0. The van der Waals surface area contributed by atoms with E-state index in [1.54, 1.807) is 0 Å². The molecule has 1 aromatic heterocycles. The Morgan fingerprint density at radius 2 is 1.50 bits per heavy atom. The quantitative estimate of drug-likeness (QED) is 0.270. The van der Waals surface area contributed by atoms with E-state index in [0.29, 0.717) is 18.3 Å². The van der Waals surface area contributed by atoms with E-state index in [4.69, 9.17) is 15.6 Å². The highest BCUT2D eigenvalue weighted by Crippen LogP contribution is 2.18. The van der Waals surface area contributed by atoms with Crippen molar-refractivity contribution in [3.63, 3.8) is 0 Å². The molecule has 0 unspecified atom stereocenters. The average Bonchev–Trinajstić information content (AvgIpc) is 2.87. The van der Waals surface area contributed by atoms with E-state index in [1.807, 2.05) is 60.7 Å². The number of carboxylic acids is 1. The molecule has 0 spiro atoms. The van der Waals surface area contributed by atoms with Crippen LogP contribution in [0.15, 0.2) is 102 Å². The largest absolute Gasteiger partial charge is 0.489 e. The first-order valence-electron chi connectivity index (χ1n) is 11.0. The minimum absolute atomic E-state index is 0.0979. The summed E-state index contributed by atoms with van der Waals surface area (Å²) in [6, 6.07) is 29.1. The van der Waals surface area contributed by atoms with Gasteiger partial charge < -0.3 is 15.6 Å². The number of carboxylic acid groups (broad SMARTS) is 1. The number of nitrogens with zero attached hydrogens (tertiary/aromatic N) is 2. The number of aryl methyl sites for hydroxylation is 2. The topological polar surface area (TPSA) is 97.8 Å². The molecule has 3 N–H and O–H groups in total. The van der Waals surface area contributed by atoms with Crippen molar-refractivity contribution in [2.45, 2.75) is 19.4 Å². The summed E-state index contributed by atoms with van der Waals surface area (Å²) in [5.74, 6) is 0.408. The number of aromatic nitrogens is 1. The number of hydrogen-bond acceptors (Lipinski definition) is 4. The van der Waals surface area contributed by atoms with E-state index in [2.05, 4.69) is 28.2 Å². The van der Waals surface area contributed by atoms with Crippen molar-refractivity contribution in [1.29, 1.82) is 0 Å². The van der Waals surface area contributed by atoms with Gasteiger partial charge in [-0.3, -0.25) is 0 Å². The number of nitrogens with two attached hydrogens (primary N) is 1. The van der Waals surface area contributed by atoms with Crippen LogP contribution in [0.4, 0.5) is 5.82 Å². The highest BCUT2D eigenvalue weighted by atomic mass is 16.5. The molecule has 1 heterocycles. The zero-order valence-electron chi connectivity index (χ0n) is 18.6. The van der Waals surface area contributed by atoms with Gasteiger partial charge in [0.25, 0.3) is 0 Å². The van der Waals surface area contributed by atoms with Crippen molar-refractivity contribution in [3.8, 4) is 5.75 Å². The molecule has 6 nitrogen and oxygen atoms in total. The van der Waals surface area contributed by atoms with Crippen LogP contribution in [-0.4, -0.2) is 21.9 Å². The normalized spacial score (nSPS) is 11.2. The number of rotatable bonds is 9. The minimum atomic E-state index is -1.04. The third-order valence-corrected chi connectivity index (χ3v) is 5.27. The summed E-state index contributed by atoms with van der Waals surface area (Å²) in [6.07, 6.45) is 3.01. The molecule has 0 saturated carbocycles. The van der Waals surface area contributed by atoms with Crippen LogP contribution in [0.3, 0.4) is 0 Å². The highest BCUT2D eigenvalue weighted by molar-refractivity contribution is 5.99. The Labute approximate surface area is 198 Å². The van der Waals surface area contributed by atoms with E-state index < -0.39 is 5.97 Å². The van der Waals surface area contributed by atoms with Crippen molar-refractivity contribution in [2.75, 3.05) is 0 Å². The maximum Gasteiger partial charge on any atom is 0.337 e. The van der Waals surface area contributed by atoms with Crippen LogP contribution in [0.2, 0.25) is 0 Å². The molecule has 0 amide bonds. The van der Waals surface area contributed by atoms with Crippen LogP contribution in [-0.2, 0) is 19.4 Å². The highest BCUT2D eigenvalue weighted by Gasteiger charge is 2.08. The van der Waals surface area contributed by atoms with Gasteiger partial charge in [-0.15, -0.1) is 0 Å². The van der Waals surface area contributed by atoms with Gasteiger partial charge in [-0.25, -0.2) is 14.8 Å². The molecule has 0 aliphatic carbocycles. The number of ether oxygens (including phenoxy) is 1. The number of carbonyl (C=O) groups is 1. The predicted octanol–water partition coefficient (Wildman–Crippen LogP) is 5.18. The average molecular weight is 452 g/mol. The van der Waals surface area contributed by atoms with Gasteiger partial charge in [0.2, 0.25) is 0 Å². The lowest BCUT2D eigenvalue weighted by Gasteiger charge is -2.12. The summed E-state index contributed by atoms with van der Waals surface area (Å²) < 4.78 is 5.95. The molecule has 6 heteroatoms. The number of amidine groups is 1. The Bertz CT molecular complexity index is 1210. The third-order valence-electron chi connectivity index (χ3n) is 5.27. The van der Waals surface area contributed by atoms with Crippen LogP contribution in [0.1, 0.15) is 32.6 Å². The van der Waals surface area contributed by atoms with Crippen molar-refractivity contribution >= 4 is 17.6 Å². The van der Waals surface area contributed by atoms with Crippen molar-refractivity contribution in [3.05, 3.63) is 125 Å². The molecule has 34 heavy (non-hydrogen) atoms. The van der Waals surface area contributed by atoms with E-state index in [-0.39, 0.29) is 5.56 Å². The summed E-state index contributed by atoms with van der Waals surface area (Å²) in [4.78, 5) is 19.5. The maximum atomic E-state index is 11.0. The molecule has 4 aromatic rings. The number of aromatic carboxylic acids is 1. The Hall–Kier alpha value is -4.45. The minimum Gasteiger partial charge on any atom is -0.489 e. The van der Waals surface area contributed by atoms with E-state index in [0.717, 1.165) is 35.3 Å². The van der Waals surface area contributed by atoms with Crippen LogP contribution in [0.5, 0.6) is 5.75 Å². The second kappa shape index (κ2) is 10.9. The van der Waals surface area contributed by atoms with Gasteiger partial charge >= 0.3 is 5.97 Å². The van der Waals surface area contributed by atoms with E-state index in [1.165, 1.54) is 23.9 Å². The number of benzene rings is 3. The number of pyridine rings is 1. The van der Waals surface area contributed by atoms with Crippen molar-refractivity contribution < 1.29 is 14.6 Å². The van der Waals surface area contributed by atoms with Crippen LogP contribution >= 0.6 is 0 Å². The lowest BCUT2D eigenvalue weighted by atomic mass is 9.99. The molecule has 0 atom stereocenters. The summed E-state index contributed by atoms with van der Waals surface area (Å²) in [5.41, 5.74) is 10.6. The number of para-hydroxylation sites is 1. The fourth-order valence-electron chi connectivity index (χ4n) is 3.52. The van der Waals surface area contributed by atoms with Gasteiger partial charge in [0.15, 0.2) is 5.82 Å². The van der Waals surface area contributed by atoms with E-state index in [9.17, 15) is 4.79 Å². The Morgan fingerprint density at radius 1 is 0.824 bits per heavy atom. The first-order valence-corrected chi connectivity index (χ1v) is 11.0. The molecule has 3 aromatic carbocycles. The fourth-order valence-corrected chi connectivity index (χ4v) is 3.52. The smallest absolute Gasteiger partial charge is 0.337 e. The molecule has 0 fully saturated rings. The number of hydrogen-bond donors (Lipinski definition) is 2. The van der Waals surface area contributed by atoms with Crippen molar-refractivity contribution in [1.82, 2.24) is 4.98 Å². The Morgan fingerprint density at radius 3 is 2.18 bits per heavy atom. The van der Waals surface area contributed by atoms with Crippen LogP contribution in [0, 0.1) is 0 Å². The molecule has 0 saturated heterocycles. The lowest BCUT2D eigenvalue weighted by Crippen LogP contribution is -2.14. The van der Waals surface area contributed by atoms with Gasteiger partial charge in [-0.1, -0.05) is 54.6 Å². The van der Waals surface area contributed by atoms with Crippen LogP contribution < -0.4 is 10.5 Å². The molecule has 0 bridgehead atoms. The molecule has 0 aliphatic rings. The van der Waals surface area contributed by atoms with Gasteiger partial charge in [0.1, 0.15) is 18.2 Å². The van der Waals surface area contributed by atoms with Crippen molar-refractivity contribution in [2.24, 2.45) is 10.7 Å². The molecular weight excluding hydrogens is 426 g/mol. The molecule has 0 aliphatic heterocycles. The standard InChI is InChI=1S/C28H25N3O3/c29-27(31-26-14-13-23(18-30-26)28(32)33)24-16-21(12-11-20-7-3-1-4-8-20)15-22(17-24)19-34-25-9-5-2-6-10-25/h1-10,13-18H,11-12,19H2,(H,32,33)(H2,29,30,31). The van der Waals surface area contributed by atoms with Gasteiger partial charge in [0, 0.05) is 11.8 Å². The first-order chi connectivity index (χ1) is 16.6.